The van der Waals surface area contributed by atoms with E-state index in [1.807, 2.05) is 18.3 Å². The Morgan fingerprint density at radius 2 is 2.09 bits per heavy atom. The molecule has 23 heavy (non-hydrogen) atoms. The van der Waals surface area contributed by atoms with Crippen LogP contribution in [0.25, 0.3) is 0 Å². The van der Waals surface area contributed by atoms with Crippen molar-refractivity contribution < 1.29 is 4.52 Å². The lowest BCUT2D eigenvalue weighted by molar-refractivity contribution is 0.298. The number of rotatable bonds is 3. The van der Waals surface area contributed by atoms with E-state index in [-0.39, 0.29) is 5.41 Å². The first-order valence-corrected chi connectivity index (χ1v) is 8.06. The molecule has 0 spiro atoms. The SMILES string of the molecule is CC1(c2nc(Cc3cccnc3)no2)CCCc2ccccc21. The van der Waals surface area contributed by atoms with Crippen LogP contribution in [-0.4, -0.2) is 15.1 Å². The Hall–Kier alpha value is -2.49. The molecule has 0 bridgehead atoms. The van der Waals surface area contributed by atoms with Crippen LogP contribution in [0.4, 0.5) is 0 Å². The number of hydrogen-bond acceptors (Lipinski definition) is 4. The molecule has 2 aromatic heterocycles. The predicted molar refractivity (Wildman–Crippen MR) is 87.2 cm³/mol. The van der Waals surface area contributed by atoms with E-state index in [0.717, 1.165) is 36.5 Å². The Morgan fingerprint density at radius 1 is 1.17 bits per heavy atom. The molecule has 1 aliphatic rings. The zero-order valence-electron chi connectivity index (χ0n) is 13.2. The molecular weight excluding hydrogens is 286 g/mol. The van der Waals surface area contributed by atoms with Gasteiger partial charge in [-0.3, -0.25) is 4.98 Å². The Morgan fingerprint density at radius 3 is 2.96 bits per heavy atom. The van der Waals surface area contributed by atoms with Crippen molar-refractivity contribution in [1.82, 2.24) is 15.1 Å². The molecule has 1 aliphatic carbocycles. The lowest BCUT2D eigenvalue weighted by Crippen LogP contribution is -2.29. The summed E-state index contributed by atoms with van der Waals surface area (Å²) >= 11 is 0. The van der Waals surface area contributed by atoms with Gasteiger partial charge in [-0.2, -0.15) is 4.98 Å². The van der Waals surface area contributed by atoms with Gasteiger partial charge in [-0.15, -0.1) is 0 Å². The standard InChI is InChI=1S/C19H19N3O/c1-19(10-4-8-15-7-2-3-9-16(15)19)18-21-17(22-23-18)12-14-6-5-11-20-13-14/h2-3,5-7,9,11,13H,4,8,10,12H2,1H3. The predicted octanol–water partition coefficient (Wildman–Crippen LogP) is 3.70. The molecule has 3 aromatic rings. The van der Waals surface area contributed by atoms with Crippen LogP contribution in [-0.2, 0) is 18.3 Å². The van der Waals surface area contributed by atoms with Gasteiger partial charge in [0.05, 0.1) is 5.41 Å². The van der Waals surface area contributed by atoms with E-state index >= 15 is 0 Å². The highest BCUT2D eigenvalue weighted by molar-refractivity contribution is 5.40. The molecule has 0 fully saturated rings. The molecule has 0 radical (unpaired) electrons. The van der Waals surface area contributed by atoms with Crippen LogP contribution >= 0.6 is 0 Å². The number of benzene rings is 1. The molecular formula is C19H19N3O. The maximum Gasteiger partial charge on any atom is 0.237 e. The summed E-state index contributed by atoms with van der Waals surface area (Å²) in [5.74, 6) is 1.45. The van der Waals surface area contributed by atoms with Crippen LogP contribution < -0.4 is 0 Å². The van der Waals surface area contributed by atoms with E-state index in [4.69, 9.17) is 9.51 Å². The summed E-state index contributed by atoms with van der Waals surface area (Å²) in [7, 11) is 0. The van der Waals surface area contributed by atoms with Gasteiger partial charge >= 0.3 is 0 Å². The molecule has 0 saturated carbocycles. The Labute approximate surface area is 135 Å². The fourth-order valence-corrected chi connectivity index (χ4v) is 3.50. The van der Waals surface area contributed by atoms with E-state index in [2.05, 4.69) is 41.3 Å². The number of aromatic nitrogens is 3. The second-order valence-electron chi connectivity index (χ2n) is 6.40. The summed E-state index contributed by atoms with van der Waals surface area (Å²) in [4.78, 5) is 8.83. The second kappa shape index (κ2) is 5.61. The minimum absolute atomic E-state index is 0.185. The number of nitrogens with zero attached hydrogens (tertiary/aromatic N) is 3. The van der Waals surface area contributed by atoms with Gasteiger partial charge < -0.3 is 4.52 Å². The smallest absolute Gasteiger partial charge is 0.237 e. The van der Waals surface area contributed by atoms with Gasteiger partial charge in [-0.25, -0.2) is 0 Å². The third kappa shape index (κ3) is 2.54. The molecule has 0 N–H and O–H groups in total. The number of hydrogen-bond donors (Lipinski definition) is 0. The summed E-state index contributed by atoms with van der Waals surface area (Å²) in [5, 5.41) is 4.19. The van der Waals surface area contributed by atoms with Gasteiger partial charge in [-0.05, 0) is 48.9 Å². The van der Waals surface area contributed by atoms with Crippen molar-refractivity contribution in [3.8, 4) is 0 Å². The van der Waals surface area contributed by atoms with Gasteiger partial charge in [-0.1, -0.05) is 35.5 Å². The monoisotopic (exact) mass is 305 g/mol. The average molecular weight is 305 g/mol. The van der Waals surface area contributed by atoms with Crippen molar-refractivity contribution >= 4 is 0 Å². The molecule has 116 valence electrons. The lowest BCUT2D eigenvalue weighted by Gasteiger charge is -2.32. The zero-order chi connectivity index (χ0) is 15.7. The summed E-state index contributed by atoms with van der Waals surface area (Å²) < 4.78 is 5.65. The molecule has 1 aromatic carbocycles. The van der Waals surface area contributed by atoms with Gasteiger partial charge in [0.2, 0.25) is 5.89 Å². The third-order valence-electron chi connectivity index (χ3n) is 4.76. The molecule has 0 amide bonds. The van der Waals surface area contributed by atoms with E-state index in [1.54, 1.807) is 6.20 Å². The van der Waals surface area contributed by atoms with Crippen molar-refractivity contribution in [3.63, 3.8) is 0 Å². The second-order valence-corrected chi connectivity index (χ2v) is 6.40. The maximum atomic E-state index is 5.65. The largest absolute Gasteiger partial charge is 0.338 e. The van der Waals surface area contributed by atoms with Crippen molar-refractivity contribution in [2.24, 2.45) is 0 Å². The topological polar surface area (TPSA) is 51.8 Å². The van der Waals surface area contributed by atoms with E-state index in [0.29, 0.717) is 6.42 Å². The minimum Gasteiger partial charge on any atom is -0.338 e. The van der Waals surface area contributed by atoms with Crippen LogP contribution in [0.3, 0.4) is 0 Å². The van der Waals surface area contributed by atoms with Crippen LogP contribution in [0.2, 0.25) is 0 Å². The van der Waals surface area contributed by atoms with Crippen molar-refractivity contribution in [3.05, 3.63) is 77.2 Å². The lowest BCUT2D eigenvalue weighted by atomic mass is 9.71. The molecule has 1 atom stereocenters. The average Bonchev–Trinajstić information content (AvgIpc) is 3.06. The summed E-state index contributed by atoms with van der Waals surface area (Å²) in [6.07, 6.45) is 7.57. The number of fused-ring (bicyclic) bond motifs is 1. The van der Waals surface area contributed by atoms with Gasteiger partial charge in [0.25, 0.3) is 0 Å². The highest BCUT2D eigenvalue weighted by Crippen LogP contribution is 2.41. The first-order valence-electron chi connectivity index (χ1n) is 8.06. The van der Waals surface area contributed by atoms with Gasteiger partial charge in [0.15, 0.2) is 5.82 Å². The Balaban J connectivity index is 1.67. The molecule has 1 unspecified atom stereocenters. The van der Waals surface area contributed by atoms with Crippen molar-refractivity contribution in [2.75, 3.05) is 0 Å². The van der Waals surface area contributed by atoms with Crippen molar-refractivity contribution in [1.29, 1.82) is 0 Å². The Kier molecular flexibility index (Phi) is 3.45. The number of pyridine rings is 1. The van der Waals surface area contributed by atoms with Crippen LogP contribution in [0.15, 0.2) is 53.3 Å². The summed E-state index contributed by atoms with van der Waals surface area (Å²) in [5.41, 5.74) is 3.62. The fraction of sp³-hybridized carbons (Fsp3) is 0.316. The normalized spacial score (nSPS) is 20.2. The van der Waals surface area contributed by atoms with Crippen LogP contribution in [0.1, 0.15) is 48.2 Å². The zero-order valence-corrected chi connectivity index (χ0v) is 13.2. The van der Waals surface area contributed by atoms with Crippen molar-refractivity contribution in [2.45, 2.75) is 38.0 Å². The highest BCUT2D eigenvalue weighted by Gasteiger charge is 2.38. The van der Waals surface area contributed by atoms with Crippen LogP contribution in [0.5, 0.6) is 0 Å². The first-order chi connectivity index (χ1) is 11.3. The van der Waals surface area contributed by atoms with Gasteiger partial charge in [0.1, 0.15) is 0 Å². The maximum absolute atomic E-state index is 5.65. The van der Waals surface area contributed by atoms with E-state index in [1.165, 1.54) is 11.1 Å². The molecule has 4 heteroatoms. The molecule has 0 saturated heterocycles. The highest BCUT2D eigenvalue weighted by atomic mass is 16.5. The first kappa shape index (κ1) is 14.1. The fourth-order valence-electron chi connectivity index (χ4n) is 3.50. The van der Waals surface area contributed by atoms with E-state index in [9.17, 15) is 0 Å². The summed E-state index contributed by atoms with van der Waals surface area (Å²) in [6, 6.07) is 12.6. The minimum atomic E-state index is -0.185. The van der Waals surface area contributed by atoms with Crippen LogP contribution in [0, 0.1) is 0 Å². The van der Waals surface area contributed by atoms with Gasteiger partial charge in [0, 0.05) is 18.8 Å². The molecule has 2 heterocycles. The molecule has 0 aliphatic heterocycles. The summed E-state index contributed by atoms with van der Waals surface area (Å²) in [6.45, 7) is 2.21. The van der Waals surface area contributed by atoms with E-state index < -0.39 is 0 Å². The number of aryl methyl sites for hydroxylation is 1. The quantitative estimate of drug-likeness (QED) is 0.740. The third-order valence-corrected chi connectivity index (χ3v) is 4.76. The molecule has 4 nitrogen and oxygen atoms in total. The Bertz CT molecular complexity index is 812. The molecule has 4 rings (SSSR count).